The fraction of sp³-hybridized carbons (Fsp3) is 0.500. The first-order valence-corrected chi connectivity index (χ1v) is 11.2. The van der Waals surface area contributed by atoms with E-state index in [4.69, 9.17) is 22.2 Å². The number of allylic oxidation sites excluding steroid dienone is 6. The van der Waals surface area contributed by atoms with Crippen molar-refractivity contribution in [3.05, 3.63) is 49.6 Å². The third-order valence-electron chi connectivity index (χ3n) is 3.29. The second-order valence-corrected chi connectivity index (χ2v) is 7.29. The molecule has 108 valence electrons. The Morgan fingerprint density at radius 3 is 1.37 bits per heavy atom. The molecular formula is C16H26Cl2Si. The zero-order valence-electron chi connectivity index (χ0n) is 11.7. The summed E-state index contributed by atoms with van der Waals surface area (Å²) >= 11 is 9.81. The van der Waals surface area contributed by atoms with E-state index in [0.717, 1.165) is 11.8 Å². The Balaban J connectivity index is 0.000000284. The molecule has 0 radical (unpaired) electrons. The Kier molecular flexibility index (Phi) is 14.0. The van der Waals surface area contributed by atoms with Gasteiger partial charge in [-0.2, -0.15) is 22.2 Å². The fourth-order valence-electron chi connectivity index (χ4n) is 2.06. The minimum absolute atomic E-state index is 0.639. The van der Waals surface area contributed by atoms with Gasteiger partial charge in [0.05, 0.1) is 0 Å². The lowest BCUT2D eigenvalue weighted by Gasteiger charge is -2.11. The van der Waals surface area contributed by atoms with Gasteiger partial charge in [-0.05, 0) is 50.4 Å². The maximum atomic E-state index is 4.90. The quantitative estimate of drug-likeness (QED) is 0.357. The van der Waals surface area contributed by atoms with Crippen LogP contribution in [0.2, 0.25) is 0 Å². The van der Waals surface area contributed by atoms with Crippen molar-refractivity contribution >= 4 is 30.3 Å². The Bertz CT molecular complexity index is 256. The van der Waals surface area contributed by atoms with Gasteiger partial charge in [0.25, 0.3) is 0 Å². The molecule has 0 saturated carbocycles. The molecule has 0 aromatic rings. The summed E-state index contributed by atoms with van der Waals surface area (Å²) in [6.45, 7) is 7.50. The van der Waals surface area contributed by atoms with Crippen molar-refractivity contribution in [1.82, 2.24) is 0 Å². The highest BCUT2D eigenvalue weighted by molar-refractivity contribution is 7.22. The Morgan fingerprint density at radius 1 is 0.842 bits per heavy atom. The molecule has 0 amide bonds. The highest BCUT2D eigenvalue weighted by Crippen LogP contribution is 2.18. The van der Waals surface area contributed by atoms with Gasteiger partial charge < -0.3 is 0 Å². The van der Waals surface area contributed by atoms with Crippen molar-refractivity contribution in [2.75, 3.05) is 0 Å². The summed E-state index contributed by atoms with van der Waals surface area (Å²) in [6.07, 6.45) is 20.6. The van der Waals surface area contributed by atoms with Gasteiger partial charge in [-0.15, -0.1) is 13.2 Å². The van der Waals surface area contributed by atoms with E-state index in [1.54, 1.807) is 0 Å². The number of rotatable bonds is 2. The Morgan fingerprint density at radius 2 is 1.21 bits per heavy atom. The highest BCUT2D eigenvalue weighted by atomic mass is 35.7. The summed E-state index contributed by atoms with van der Waals surface area (Å²) in [4.78, 5) is 0. The molecule has 0 fully saturated rings. The Hall–Kier alpha value is -0.243. The summed E-state index contributed by atoms with van der Waals surface area (Å²) in [7, 11) is -0.639. The summed E-state index contributed by atoms with van der Waals surface area (Å²) in [5, 5.41) is 0. The van der Waals surface area contributed by atoms with E-state index in [1.165, 1.54) is 38.5 Å². The predicted molar refractivity (Wildman–Crippen MR) is 93.6 cm³/mol. The lowest BCUT2D eigenvalue weighted by Crippen LogP contribution is -1.96. The molecule has 0 spiro atoms. The second-order valence-electron chi connectivity index (χ2n) is 4.66. The molecule has 2 aliphatic rings. The first kappa shape index (κ1) is 18.8. The van der Waals surface area contributed by atoms with Crippen molar-refractivity contribution in [3.63, 3.8) is 0 Å². The van der Waals surface area contributed by atoms with Crippen molar-refractivity contribution < 1.29 is 0 Å². The van der Waals surface area contributed by atoms with Gasteiger partial charge in [0.15, 0.2) is 0 Å². The first-order chi connectivity index (χ1) is 9.28. The van der Waals surface area contributed by atoms with Gasteiger partial charge in [-0.3, -0.25) is 0 Å². The van der Waals surface area contributed by atoms with E-state index in [2.05, 4.69) is 49.6 Å². The molecular weight excluding hydrogens is 291 g/mol. The first-order valence-electron chi connectivity index (χ1n) is 6.95. The fourth-order valence-corrected chi connectivity index (χ4v) is 2.06. The topological polar surface area (TPSA) is 0 Å². The molecule has 0 nitrogen and oxygen atoms in total. The highest BCUT2D eigenvalue weighted by Gasteiger charge is 2.03. The van der Waals surface area contributed by atoms with E-state index in [9.17, 15) is 0 Å². The zero-order valence-corrected chi connectivity index (χ0v) is 14.7. The number of halogens is 2. The molecule has 0 aromatic carbocycles. The van der Waals surface area contributed by atoms with Crippen LogP contribution in [0, 0.1) is 11.8 Å². The van der Waals surface area contributed by atoms with Crippen molar-refractivity contribution in [3.8, 4) is 0 Å². The van der Waals surface area contributed by atoms with Crippen LogP contribution in [-0.2, 0) is 0 Å². The molecule has 0 aliphatic heterocycles. The van der Waals surface area contributed by atoms with Gasteiger partial charge in [0, 0.05) is 0 Å². The zero-order chi connectivity index (χ0) is 14.3. The van der Waals surface area contributed by atoms with Crippen molar-refractivity contribution in [1.29, 1.82) is 0 Å². The molecule has 0 N–H and O–H groups in total. The van der Waals surface area contributed by atoms with Crippen LogP contribution in [0.1, 0.15) is 38.5 Å². The molecule has 2 atom stereocenters. The molecule has 0 saturated heterocycles. The van der Waals surface area contributed by atoms with Crippen LogP contribution in [0.15, 0.2) is 49.6 Å². The summed E-state index contributed by atoms with van der Waals surface area (Å²) < 4.78 is 0. The van der Waals surface area contributed by atoms with E-state index in [-0.39, 0.29) is 0 Å². The van der Waals surface area contributed by atoms with Crippen LogP contribution in [-0.4, -0.2) is 8.14 Å². The molecule has 2 unspecified atom stereocenters. The van der Waals surface area contributed by atoms with Crippen molar-refractivity contribution in [2.24, 2.45) is 11.8 Å². The summed E-state index contributed by atoms with van der Waals surface area (Å²) in [5.41, 5.74) is 0. The monoisotopic (exact) mass is 316 g/mol. The van der Waals surface area contributed by atoms with Crippen LogP contribution in [0.3, 0.4) is 0 Å². The number of hydrogen-bond acceptors (Lipinski definition) is 0. The SMILES string of the molecule is C=CC1CC=CCC1.C=CC1CC=CCC1.Cl[SiH2]Cl. The largest absolute Gasteiger partial charge is 0.222 e. The van der Waals surface area contributed by atoms with Gasteiger partial charge >= 0.3 is 0 Å². The lowest BCUT2D eigenvalue weighted by molar-refractivity contribution is 0.585. The van der Waals surface area contributed by atoms with Crippen LogP contribution in [0.5, 0.6) is 0 Å². The number of hydrogen-bond donors (Lipinski definition) is 0. The molecule has 0 aromatic heterocycles. The maximum Gasteiger partial charge on any atom is 0.222 e. The lowest BCUT2D eigenvalue weighted by atomic mass is 9.95. The minimum atomic E-state index is -0.639. The van der Waals surface area contributed by atoms with E-state index >= 15 is 0 Å². The van der Waals surface area contributed by atoms with Crippen LogP contribution in [0.4, 0.5) is 0 Å². The predicted octanol–water partition coefficient (Wildman–Crippen LogP) is 5.52. The molecule has 2 rings (SSSR count). The van der Waals surface area contributed by atoms with Gasteiger partial charge in [-0.1, -0.05) is 36.5 Å². The standard InChI is InChI=1S/2C8H12.Cl2H2Si/c2*1-2-8-6-4-3-5-7-8;1-3-2/h2*2-4,8H,1,5-7H2;3H2. The normalized spacial score (nSPS) is 24.3. The minimum Gasteiger partial charge on any atom is -0.155 e. The van der Waals surface area contributed by atoms with Crippen LogP contribution in [0.25, 0.3) is 0 Å². The average molecular weight is 317 g/mol. The second kappa shape index (κ2) is 14.2. The van der Waals surface area contributed by atoms with Gasteiger partial charge in [-0.25, -0.2) is 0 Å². The Labute approximate surface area is 130 Å². The molecule has 2 aliphatic carbocycles. The van der Waals surface area contributed by atoms with Crippen LogP contribution < -0.4 is 0 Å². The van der Waals surface area contributed by atoms with Gasteiger partial charge in [0.1, 0.15) is 0 Å². The molecule has 3 heteroatoms. The van der Waals surface area contributed by atoms with Crippen LogP contribution >= 0.6 is 22.2 Å². The summed E-state index contributed by atoms with van der Waals surface area (Å²) in [5.74, 6) is 1.53. The molecule has 0 bridgehead atoms. The van der Waals surface area contributed by atoms with Gasteiger partial charge in [0.2, 0.25) is 8.14 Å². The average Bonchev–Trinajstić information content (AvgIpc) is 2.50. The van der Waals surface area contributed by atoms with E-state index in [1.807, 2.05) is 0 Å². The van der Waals surface area contributed by atoms with E-state index in [0.29, 0.717) is 0 Å². The third kappa shape index (κ3) is 11.3. The summed E-state index contributed by atoms with van der Waals surface area (Å²) in [6, 6.07) is 0. The third-order valence-corrected chi connectivity index (χ3v) is 3.29. The maximum absolute atomic E-state index is 4.90. The molecule has 0 heterocycles. The molecule has 19 heavy (non-hydrogen) atoms. The van der Waals surface area contributed by atoms with Crippen molar-refractivity contribution in [2.45, 2.75) is 38.5 Å². The smallest absolute Gasteiger partial charge is 0.155 e. The van der Waals surface area contributed by atoms with E-state index < -0.39 is 8.14 Å².